The maximum absolute atomic E-state index is 14.4. The van der Waals surface area contributed by atoms with Gasteiger partial charge >= 0.3 is 0 Å². The zero-order chi connectivity index (χ0) is 29.1. The number of amides is 1. The van der Waals surface area contributed by atoms with E-state index < -0.39 is 17.7 Å². The summed E-state index contributed by atoms with van der Waals surface area (Å²) < 4.78 is 17.9. The minimum Gasteiger partial charge on any atom is -0.387 e. The van der Waals surface area contributed by atoms with Gasteiger partial charge in [-0.3, -0.25) is 14.5 Å². The lowest BCUT2D eigenvalue weighted by Crippen LogP contribution is -2.42. The molecule has 0 spiro atoms. The first-order valence-electron chi connectivity index (χ1n) is 13.4. The van der Waals surface area contributed by atoms with Gasteiger partial charge in [-0.05, 0) is 63.8 Å². The highest BCUT2D eigenvalue weighted by Crippen LogP contribution is 2.32. The topological polar surface area (TPSA) is 157 Å². The van der Waals surface area contributed by atoms with Crippen molar-refractivity contribution >= 4 is 17.1 Å². The molecule has 0 aliphatic heterocycles. The fraction of sp³-hybridized carbons (Fsp3) is 0.379. The first kappa shape index (κ1) is 27.7. The number of nitrogens with zero attached hydrogens (tertiary/aromatic N) is 7. The molecule has 1 aliphatic carbocycles. The van der Waals surface area contributed by atoms with Crippen LogP contribution in [0.3, 0.4) is 0 Å². The summed E-state index contributed by atoms with van der Waals surface area (Å²) in [5.41, 5.74) is 2.16. The van der Waals surface area contributed by atoms with Crippen molar-refractivity contribution in [3.63, 3.8) is 0 Å². The number of hydrogen-bond donors (Lipinski definition) is 3. The number of rotatable bonds is 8. The molecule has 0 saturated heterocycles. The molecule has 11 nitrogen and oxygen atoms in total. The van der Waals surface area contributed by atoms with Crippen LogP contribution in [-0.2, 0) is 0 Å². The van der Waals surface area contributed by atoms with Gasteiger partial charge in [-0.1, -0.05) is 0 Å². The number of fused-ring (bicyclic) bond motifs is 1. The van der Waals surface area contributed by atoms with Crippen molar-refractivity contribution in [2.24, 2.45) is 0 Å². The van der Waals surface area contributed by atoms with Crippen molar-refractivity contribution < 1.29 is 14.3 Å². The molecule has 1 amide bonds. The Morgan fingerprint density at radius 3 is 2.54 bits per heavy atom. The van der Waals surface area contributed by atoms with Gasteiger partial charge in [0.25, 0.3) is 5.91 Å². The molecule has 41 heavy (non-hydrogen) atoms. The molecular weight excluding hydrogens is 525 g/mol. The highest BCUT2D eigenvalue weighted by Gasteiger charge is 2.28. The number of nitrogens with one attached hydrogen (secondary N) is 2. The van der Waals surface area contributed by atoms with Gasteiger partial charge in [-0.15, -0.1) is 0 Å². The molecular formula is C29H30FN9O2. The maximum atomic E-state index is 14.4. The number of carbonyl (C=O) groups excluding carboxylic acids is 1. The number of aliphatic hydroxyl groups is 1. The third kappa shape index (κ3) is 6.03. The first-order chi connectivity index (χ1) is 19.7. The SMILES string of the molecule is CC(C)(O)[C@H](F)CNC(=O)c1cnc(-c2ccc3cc(C#N)cnn23)cc1N[C@H]1CC[C@H](n2cc(C#N)cn2)CC1. The van der Waals surface area contributed by atoms with Gasteiger partial charge in [0.2, 0.25) is 0 Å². The van der Waals surface area contributed by atoms with E-state index in [1.165, 1.54) is 26.2 Å². The first-order valence-corrected chi connectivity index (χ1v) is 13.4. The van der Waals surface area contributed by atoms with Crippen molar-refractivity contribution in [2.45, 2.75) is 63.4 Å². The summed E-state index contributed by atoms with van der Waals surface area (Å²) in [6.07, 6.45) is 7.90. The van der Waals surface area contributed by atoms with Crippen molar-refractivity contribution in [2.75, 3.05) is 11.9 Å². The number of hydrogen-bond acceptors (Lipinski definition) is 8. The predicted octanol–water partition coefficient (Wildman–Crippen LogP) is 3.77. The minimum absolute atomic E-state index is 0.0599. The molecule has 1 aliphatic rings. The summed E-state index contributed by atoms with van der Waals surface area (Å²) >= 11 is 0. The van der Waals surface area contributed by atoms with Crippen LogP contribution in [0, 0.1) is 22.7 Å². The summed E-state index contributed by atoms with van der Waals surface area (Å²) in [4.78, 5) is 17.7. The van der Waals surface area contributed by atoms with Crippen molar-refractivity contribution in [1.82, 2.24) is 29.7 Å². The van der Waals surface area contributed by atoms with Crippen molar-refractivity contribution in [3.8, 4) is 23.5 Å². The van der Waals surface area contributed by atoms with E-state index in [1.54, 1.807) is 29.0 Å². The van der Waals surface area contributed by atoms with Gasteiger partial charge in [-0.2, -0.15) is 20.7 Å². The summed E-state index contributed by atoms with van der Waals surface area (Å²) in [6, 6.07) is 11.6. The van der Waals surface area contributed by atoms with E-state index in [1.807, 2.05) is 16.8 Å². The molecule has 0 aromatic carbocycles. The van der Waals surface area contributed by atoms with Crippen LogP contribution < -0.4 is 10.6 Å². The fourth-order valence-corrected chi connectivity index (χ4v) is 4.98. The van der Waals surface area contributed by atoms with Gasteiger partial charge in [0.1, 0.15) is 18.3 Å². The molecule has 4 aromatic rings. The monoisotopic (exact) mass is 555 g/mol. The molecule has 5 rings (SSSR count). The Hall–Kier alpha value is -4.81. The summed E-state index contributed by atoms with van der Waals surface area (Å²) in [7, 11) is 0. The summed E-state index contributed by atoms with van der Waals surface area (Å²) in [6.45, 7) is 2.35. The Labute approximate surface area is 236 Å². The lowest BCUT2D eigenvalue weighted by Gasteiger charge is -2.30. The van der Waals surface area contributed by atoms with E-state index >= 15 is 0 Å². The van der Waals surface area contributed by atoms with Crippen LogP contribution in [0.15, 0.2) is 49.1 Å². The number of anilines is 1. The smallest absolute Gasteiger partial charge is 0.255 e. The number of halogens is 1. The van der Waals surface area contributed by atoms with Crippen LogP contribution in [0.1, 0.15) is 67.1 Å². The summed E-state index contributed by atoms with van der Waals surface area (Å²) in [5, 5.41) is 43.0. The van der Waals surface area contributed by atoms with Crippen LogP contribution in [0.4, 0.5) is 10.1 Å². The Morgan fingerprint density at radius 1 is 1.12 bits per heavy atom. The third-order valence-corrected chi connectivity index (χ3v) is 7.41. The molecule has 0 bridgehead atoms. The van der Waals surface area contributed by atoms with Crippen LogP contribution >= 0.6 is 0 Å². The second kappa shape index (κ2) is 11.4. The molecule has 4 aromatic heterocycles. The number of alkyl halides is 1. The van der Waals surface area contributed by atoms with E-state index in [-0.39, 0.29) is 24.2 Å². The van der Waals surface area contributed by atoms with Crippen LogP contribution in [0.2, 0.25) is 0 Å². The van der Waals surface area contributed by atoms with E-state index in [0.29, 0.717) is 28.2 Å². The zero-order valence-corrected chi connectivity index (χ0v) is 22.8. The molecule has 0 radical (unpaired) electrons. The fourth-order valence-electron chi connectivity index (χ4n) is 4.98. The Morgan fingerprint density at radius 2 is 1.85 bits per heavy atom. The average Bonchev–Trinajstić information content (AvgIpc) is 3.62. The molecule has 1 saturated carbocycles. The number of pyridine rings is 1. The van der Waals surface area contributed by atoms with Crippen molar-refractivity contribution in [1.29, 1.82) is 10.5 Å². The predicted molar refractivity (Wildman–Crippen MR) is 149 cm³/mol. The van der Waals surface area contributed by atoms with Crippen LogP contribution in [0.5, 0.6) is 0 Å². The van der Waals surface area contributed by atoms with E-state index in [2.05, 4.69) is 38.0 Å². The Balaban J connectivity index is 1.40. The van der Waals surface area contributed by atoms with E-state index in [4.69, 9.17) is 5.26 Å². The molecule has 12 heteroatoms. The maximum Gasteiger partial charge on any atom is 0.255 e. The van der Waals surface area contributed by atoms with Crippen LogP contribution in [-0.4, -0.2) is 59.8 Å². The lowest BCUT2D eigenvalue weighted by atomic mass is 9.91. The highest BCUT2D eigenvalue weighted by molar-refractivity contribution is 6.00. The number of nitriles is 2. The van der Waals surface area contributed by atoms with E-state index in [0.717, 1.165) is 31.2 Å². The second-order valence-electron chi connectivity index (χ2n) is 10.8. The number of aromatic nitrogens is 5. The number of carbonyl (C=O) groups is 1. The molecule has 0 unspecified atom stereocenters. The van der Waals surface area contributed by atoms with Gasteiger partial charge in [0.05, 0.1) is 69.9 Å². The zero-order valence-electron chi connectivity index (χ0n) is 22.8. The molecule has 210 valence electrons. The molecule has 4 heterocycles. The molecule has 1 fully saturated rings. The Bertz CT molecular complexity index is 1650. The van der Waals surface area contributed by atoms with Gasteiger partial charge in [-0.25, -0.2) is 8.91 Å². The molecule has 3 N–H and O–H groups in total. The normalized spacial score (nSPS) is 17.9. The van der Waals surface area contributed by atoms with Gasteiger partial charge < -0.3 is 15.7 Å². The lowest BCUT2D eigenvalue weighted by molar-refractivity contribution is -0.00177. The standard InChI is InChI=1S/C29H30FN9O2/c1-29(2,41)27(30)16-34-28(40)23-15-33-25(26-8-7-22-9-18(11-31)13-36-39(22)26)10-24(23)37-20-3-5-21(6-4-20)38-17-19(12-32)14-35-38/h7-10,13-15,17,20-21,27,41H,3-6,16H2,1-2H3,(H,33,37)(H,34,40)/t20-,21-,27-/m1/s1. The third-order valence-electron chi connectivity index (χ3n) is 7.41. The largest absolute Gasteiger partial charge is 0.387 e. The molecule has 1 atom stereocenters. The highest BCUT2D eigenvalue weighted by atomic mass is 19.1. The van der Waals surface area contributed by atoms with E-state index in [9.17, 15) is 19.6 Å². The van der Waals surface area contributed by atoms with Crippen LogP contribution in [0.25, 0.3) is 16.9 Å². The average molecular weight is 556 g/mol. The Kier molecular flexibility index (Phi) is 7.68. The quantitative estimate of drug-likeness (QED) is 0.297. The minimum atomic E-state index is -1.65. The van der Waals surface area contributed by atoms with Crippen molar-refractivity contribution in [3.05, 3.63) is 65.7 Å². The second-order valence-corrected chi connectivity index (χ2v) is 10.8. The summed E-state index contributed by atoms with van der Waals surface area (Å²) in [5.74, 6) is -0.510. The van der Waals surface area contributed by atoms with Gasteiger partial charge in [0, 0.05) is 18.4 Å². The van der Waals surface area contributed by atoms with Gasteiger partial charge in [0.15, 0.2) is 0 Å².